The Hall–Kier alpha value is -2.80. The maximum absolute atomic E-state index is 12.2. The van der Waals surface area contributed by atoms with Crippen molar-refractivity contribution in [2.24, 2.45) is 0 Å². The standard InChI is InChI=1S/C18H18N2O2/c1-2-3-11-22-17-9-7-15(8-10-17)18(21)20-16-6-4-5-14(12-16)13-19/h4-10,12H,2-3,11H2,1H3,(H,20,21). The Labute approximate surface area is 130 Å². The van der Waals surface area contributed by atoms with Gasteiger partial charge in [-0.1, -0.05) is 19.4 Å². The van der Waals surface area contributed by atoms with Crippen molar-refractivity contribution < 1.29 is 9.53 Å². The molecule has 2 rings (SSSR count). The Morgan fingerprint density at radius 3 is 2.68 bits per heavy atom. The van der Waals surface area contributed by atoms with Crippen LogP contribution in [0, 0.1) is 11.3 Å². The monoisotopic (exact) mass is 294 g/mol. The van der Waals surface area contributed by atoms with Crippen LogP contribution < -0.4 is 10.1 Å². The number of amides is 1. The number of nitriles is 1. The second-order valence-corrected chi connectivity index (χ2v) is 4.87. The maximum atomic E-state index is 12.2. The lowest BCUT2D eigenvalue weighted by molar-refractivity contribution is 0.102. The number of carbonyl (C=O) groups excluding carboxylic acids is 1. The van der Waals surface area contributed by atoms with Crippen LogP contribution in [0.15, 0.2) is 48.5 Å². The molecule has 0 spiro atoms. The summed E-state index contributed by atoms with van der Waals surface area (Å²) in [5, 5.41) is 11.6. The lowest BCUT2D eigenvalue weighted by atomic mass is 10.2. The number of hydrogen-bond donors (Lipinski definition) is 1. The Morgan fingerprint density at radius 1 is 1.23 bits per heavy atom. The first kappa shape index (κ1) is 15.6. The Bertz CT molecular complexity index is 672. The minimum atomic E-state index is -0.213. The SMILES string of the molecule is CCCCOc1ccc(C(=O)Nc2cccc(C#N)c2)cc1. The fourth-order valence-electron chi connectivity index (χ4n) is 1.91. The van der Waals surface area contributed by atoms with Crippen LogP contribution in [-0.2, 0) is 0 Å². The molecule has 0 aromatic heterocycles. The van der Waals surface area contributed by atoms with Crippen molar-refractivity contribution in [2.75, 3.05) is 11.9 Å². The summed E-state index contributed by atoms with van der Waals surface area (Å²) >= 11 is 0. The molecule has 0 aliphatic carbocycles. The Balaban J connectivity index is 1.99. The zero-order chi connectivity index (χ0) is 15.8. The predicted octanol–water partition coefficient (Wildman–Crippen LogP) is 3.99. The van der Waals surface area contributed by atoms with Gasteiger partial charge in [-0.15, -0.1) is 0 Å². The number of anilines is 1. The molecule has 0 unspecified atom stereocenters. The molecule has 4 nitrogen and oxygen atoms in total. The van der Waals surface area contributed by atoms with E-state index in [0.29, 0.717) is 23.4 Å². The van der Waals surface area contributed by atoms with E-state index in [1.807, 2.05) is 6.07 Å². The third kappa shape index (κ3) is 4.35. The summed E-state index contributed by atoms with van der Waals surface area (Å²) in [6.07, 6.45) is 2.10. The van der Waals surface area contributed by atoms with Gasteiger partial charge in [0.15, 0.2) is 0 Å². The molecule has 0 saturated carbocycles. The summed E-state index contributed by atoms with van der Waals surface area (Å²) in [5.74, 6) is 0.548. The number of ether oxygens (including phenoxy) is 1. The predicted molar refractivity (Wildman–Crippen MR) is 86.0 cm³/mol. The van der Waals surface area contributed by atoms with E-state index in [0.717, 1.165) is 18.6 Å². The van der Waals surface area contributed by atoms with E-state index in [1.165, 1.54) is 0 Å². The van der Waals surface area contributed by atoms with Crippen LogP contribution in [0.1, 0.15) is 35.7 Å². The molecule has 4 heteroatoms. The van der Waals surface area contributed by atoms with Gasteiger partial charge in [0, 0.05) is 11.3 Å². The van der Waals surface area contributed by atoms with E-state index in [1.54, 1.807) is 48.5 Å². The van der Waals surface area contributed by atoms with Gasteiger partial charge in [0.2, 0.25) is 0 Å². The largest absolute Gasteiger partial charge is 0.494 e. The fraction of sp³-hybridized carbons (Fsp3) is 0.222. The molecule has 0 heterocycles. The lowest BCUT2D eigenvalue weighted by Gasteiger charge is -2.08. The average molecular weight is 294 g/mol. The molecule has 112 valence electrons. The molecule has 2 aromatic carbocycles. The van der Waals surface area contributed by atoms with Gasteiger partial charge in [-0.3, -0.25) is 4.79 Å². The van der Waals surface area contributed by atoms with Gasteiger partial charge >= 0.3 is 0 Å². The van der Waals surface area contributed by atoms with E-state index in [-0.39, 0.29) is 5.91 Å². The van der Waals surface area contributed by atoms with Crippen molar-refractivity contribution in [2.45, 2.75) is 19.8 Å². The van der Waals surface area contributed by atoms with Gasteiger partial charge < -0.3 is 10.1 Å². The van der Waals surface area contributed by atoms with Crippen molar-refractivity contribution in [1.82, 2.24) is 0 Å². The fourth-order valence-corrected chi connectivity index (χ4v) is 1.91. The molecule has 1 N–H and O–H groups in total. The summed E-state index contributed by atoms with van der Waals surface area (Å²) in [7, 11) is 0. The highest BCUT2D eigenvalue weighted by molar-refractivity contribution is 6.04. The minimum Gasteiger partial charge on any atom is -0.494 e. The van der Waals surface area contributed by atoms with E-state index < -0.39 is 0 Å². The number of rotatable bonds is 6. The summed E-state index contributed by atoms with van der Waals surface area (Å²) in [5.41, 5.74) is 1.66. The second kappa shape index (κ2) is 7.84. The molecule has 0 atom stereocenters. The van der Waals surface area contributed by atoms with Gasteiger partial charge in [0.1, 0.15) is 5.75 Å². The van der Waals surface area contributed by atoms with E-state index in [9.17, 15) is 4.79 Å². The number of benzene rings is 2. The smallest absolute Gasteiger partial charge is 0.255 e. The molecule has 22 heavy (non-hydrogen) atoms. The van der Waals surface area contributed by atoms with Gasteiger partial charge in [-0.05, 0) is 48.9 Å². The van der Waals surface area contributed by atoms with Gasteiger partial charge in [-0.25, -0.2) is 0 Å². The first-order chi connectivity index (χ1) is 10.7. The Morgan fingerprint density at radius 2 is 2.00 bits per heavy atom. The van der Waals surface area contributed by atoms with E-state index in [4.69, 9.17) is 10.00 Å². The van der Waals surface area contributed by atoms with Crippen molar-refractivity contribution in [1.29, 1.82) is 5.26 Å². The van der Waals surface area contributed by atoms with Crippen LogP contribution in [0.5, 0.6) is 5.75 Å². The molecular weight excluding hydrogens is 276 g/mol. The van der Waals surface area contributed by atoms with E-state index >= 15 is 0 Å². The van der Waals surface area contributed by atoms with Crippen LogP contribution in [0.4, 0.5) is 5.69 Å². The van der Waals surface area contributed by atoms with Gasteiger partial charge in [0.25, 0.3) is 5.91 Å². The van der Waals surface area contributed by atoms with Gasteiger partial charge in [0.05, 0.1) is 18.2 Å². The summed E-state index contributed by atoms with van der Waals surface area (Å²) in [6, 6.07) is 15.9. The van der Waals surface area contributed by atoms with Crippen LogP contribution in [-0.4, -0.2) is 12.5 Å². The van der Waals surface area contributed by atoms with E-state index in [2.05, 4.69) is 12.2 Å². The van der Waals surface area contributed by atoms with Crippen molar-refractivity contribution in [3.63, 3.8) is 0 Å². The van der Waals surface area contributed by atoms with Crippen LogP contribution in [0.25, 0.3) is 0 Å². The van der Waals surface area contributed by atoms with Crippen molar-refractivity contribution in [3.8, 4) is 11.8 Å². The molecule has 0 saturated heterocycles. The topological polar surface area (TPSA) is 62.1 Å². The highest BCUT2D eigenvalue weighted by atomic mass is 16.5. The first-order valence-electron chi connectivity index (χ1n) is 7.27. The summed E-state index contributed by atoms with van der Waals surface area (Å²) < 4.78 is 5.56. The molecule has 0 radical (unpaired) electrons. The molecule has 2 aromatic rings. The molecule has 1 amide bonds. The van der Waals surface area contributed by atoms with Crippen LogP contribution >= 0.6 is 0 Å². The second-order valence-electron chi connectivity index (χ2n) is 4.87. The maximum Gasteiger partial charge on any atom is 0.255 e. The molecular formula is C18H18N2O2. The highest BCUT2D eigenvalue weighted by Crippen LogP contribution is 2.15. The third-order valence-electron chi connectivity index (χ3n) is 3.13. The normalized spacial score (nSPS) is 9.82. The first-order valence-corrected chi connectivity index (χ1v) is 7.27. The van der Waals surface area contributed by atoms with Crippen LogP contribution in [0.2, 0.25) is 0 Å². The molecule has 0 bridgehead atoms. The molecule has 0 fully saturated rings. The third-order valence-corrected chi connectivity index (χ3v) is 3.13. The lowest BCUT2D eigenvalue weighted by Crippen LogP contribution is -2.11. The quantitative estimate of drug-likeness (QED) is 0.819. The van der Waals surface area contributed by atoms with Crippen LogP contribution in [0.3, 0.4) is 0 Å². The van der Waals surface area contributed by atoms with Crippen molar-refractivity contribution in [3.05, 3.63) is 59.7 Å². The molecule has 0 aliphatic heterocycles. The van der Waals surface area contributed by atoms with Gasteiger partial charge in [-0.2, -0.15) is 5.26 Å². The Kier molecular flexibility index (Phi) is 5.56. The minimum absolute atomic E-state index is 0.213. The molecule has 0 aliphatic rings. The zero-order valence-corrected chi connectivity index (χ0v) is 12.5. The van der Waals surface area contributed by atoms with Crippen molar-refractivity contribution >= 4 is 11.6 Å². The summed E-state index contributed by atoms with van der Waals surface area (Å²) in [4.78, 5) is 12.2. The zero-order valence-electron chi connectivity index (χ0n) is 12.5. The number of hydrogen-bond acceptors (Lipinski definition) is 3. The number of nitrogens with zero attached hydrogens (tertiary/aromatic N) is 1. The summed E-state index contributed by atoms with van der Waals surface area (Å²) in [6.45, 7) is 2.79. The average Bonchev–Trinajstić information content (AvgIpc) is 2.56. The number of unbranched alkanes of at least 4 members (excludes halogenated alkanes) is 1. The number of nitrogens with one attached hydrogen (secondary N) is 1. The number of carbonyl (C=O) groups is 1. The highest BCUT2D eigenvalue weighted by Gasteiger charge is 2.06.